The molecule has 0 spiro atoms. The molecule has 0 amide bonds. The van der Waals surface area contributed by atoms with Crippen LogP contribution in [0.3, 0.4) is 0 Å². The van der Waals surface area contributed by atoms with Gasteiger partial charge in [-0.1, -0.05) is 167 Å². The number of unbranched alkanes of at least 4 members (excludes halogenated alkanes) is 21. The Balaban J connectivity index is 1.58. The van der Waals surface area contributed by atoms with E-state index in [4.69, 9.17) is 0 Å². The lowest BCUT2D eigenvalue weighted by atomic mass is 10.0. The van der Waals surface area contributed by atoms with Crippen molar-refractivity contribution in [3.63, 3.8) is 0 Å². The smallest absolute Gasteiger partial charge is 0.105 e. The zero-order chi connectivity index (χ0) is 26.9. The third-order valence-electron chi connectivity index (χ3n) is 8.51. The van der Waals surface area contributed by atoms with Gasteiger partial charge in [-0.15, -0.1) is 0 Å². The van der Waals surface area contributed by atoms with Crippen LogP contribution in [-0.2, 0) is 0 Å². The fourth-order valence-corrected chi connectivity index (χ4v) is 6.03. The van der Waals surface area contributed by atoms with E-state index in [2.05, 4.69) is 66.4 Å². The highest BCUT2D eigenvalue weighted by Crippen LogP contribution is 2.28. The van der Waals surface area contributed by atoms with Crippen LogP contribution >= 0.6 is 0 Å². The van der Waals surface area contributed by atoms with E-state index < -0.39 is 0 Å². The van der Waals surface area contributed by atoms with Gasteiger partial charge >= 0.3 is 0 Å². The molecule has 1 aromatic rings. The van der Waals surface area contributed by atoms with Crippen molar-refractivity contribution in [2.75, 3.05) is 11.4 Å². The fraction of sp³-hybridized carbons (Fsp3) is 0.778. The Bertz CT molecular complexity index is 655. The highest BCUT2D eigenvalue weighted by Gasteiger charge is 2.26. The summed E-state index contributed by atoms with van der Waals surface area (Å²) in [5.74, 6) is 0. The van der Waals surface area contributed by atoms with Crippen LogP contribution in [0.25, 0.3) is 0 Å². The fourth-order valence-electron chi connectivity index (χ4n) is 6.03. The van der Waals surface area contributed by atoms with Crippen LogP contribution in [0.1, 0.15) is 168 Å². The maximum atomic E-state index is 2.64. The van der Waals surface area contributed by atoms with Crippen molar-refractivity contribution < 1.29 is 0 Å². The predicted octanol–water partition coefficient (Wildman–Crippen LogP) is 12.0. The molecule has 1 aliphatic rings. The van der Waals surface area contributed by atoms with E-state index in [-0.39, 0.29) is 0 Å². The summed E-state index contributed by atoms with van der Waals surface area (Å²) >= 11 is 0. The van der Waals surface area contributed by atoms with Gasteiger partial charge in [0.25, 0.3) is 0 Å². The molecule has 0 radical (unpaired) electrons. The third-order valence-corrected chi connectivity index (χ3v) is 8.51. The lowest BCUT2D eigenvalue weighted by molar-refractivity contribution is 0.273. The number of para-hydroxylation sites is 1. The van der Waals surface area contributed by atoms with Crippen molar-refractivity contribution >= 4 is 5.69 Å². The molecule has 2 heteroatoms. The molecule has 2 nitrogen and oxygen atoms in total. The number of benzene rings is 1. The van der Waals surface area contributed by atoms with E-state index in [1.54, 1.807) is 0 Å². The number of anilines is 1. The molecular formula is C36H64N2. The lowest BCUT2D eigenvalue weighted by Gasteiger charge is -2.33. The number of hydrogen-bond donors (Lipinski definition) is 0. The Morgan fingerprint density at radius 1 is 0.474 bits per heavy atom. The van der Waals surface area contributed by atoms with Gasteiger partial charge < -0.3 is 9.80 Å². The summed E-state index contributed by atoms with van der Waals surface area (Å²) in [4.78, 5) is 5.16. The van der Waals surface area contributed by atoms with Crippen molar-refractivity contribution in [3.8, 4) is 0 Å². The minimum absolute atomic E-state index is 0.503. The molecule has 1 heterocycles. The first-order valence-electron chi connectivity index (χ1n) is 17.1. The molecule has 1 aromatic carbocycles. The molecule has 218 valence electrons. The summed E-state index contributed by atoms with van der Waals surface area (Å²) in [5.41, 5.74) is 1.34. The average Bonchev–Trinajstić information content (AvgIpc) is 3.35. The van der Waals surface area contributed by atoms with E-state index in [0.29, 0.717) is 6.17 Å². The molecule has 0 aromatic heterocycles. The van der Waals surface area contributed by atoms with Crippen LogP contribution in [0.15, 0.2) is 42.7 Å². The van der Waals surface area contributed by atoms with E-state index in [9.17, 15) is 0 Å². The van der Waals surface area contributed by atoms with Crippen molar-refractivity contribution in [2.24, 2.45) is 0 Å². The van der Waals surface area contributed by atoms with Gasteiger partial charge in [-0.25, -0.2) is 0 Å². The lowest BCUT2D eigenvalue weighted by Crippen LogP contribution is -2.39. The SMILES string of the molecule is CCCCCCCCCCCCCCCC1N(CCCCCCCCCCCC)C=CN1c1ccccc1. The van der Waals surface area contributed by atoms with Crippen molar-refractivity contribution in [1.29, 1.82) is 0 Å². The van der Waals surface area contributed by atoms with Gasteiger partial charge in [0, 0.05) is 24.6 Å². The summed E-state index contributed by atoms with van der Waals surface area (Å²) in [5, 5.41) is 0. The van der Waals surface area contributed by atoms with Crippen molar-refractivity contribution in [3.05, 3.63) is 42.7 Å². The highest BCUT2D eigenvalue weighted by molar-refractivity contribution is 5.51. The Morgan fingerprint density at radius 3 is 1.37 bits per heavy atom. The molecule has 0 bridgehead atoms. The van der Waals surface area contributed by atoms with Gasteiger partial charge in [0.15, 0.2) is 0 Å². The maximum absolute atomic E-state index is 2.64. The first-order valence-corrected chi connectivity index (χ1v) is 17.1. The molecule has 0 saturated heterocycles. The van der Waals surface area contributed by atoms with Gasteiger partial charge in [0.05, 0.1) is 0 Å². The number of nitrogens with zero attached hydrogens (tertiary/aromatic N) is 2. The van der Waals surface area contributed by atoms with Gasteiger partial charge in [0.2, 0.25) is 0 Å². The number of rotatable bonds is 26. The van der Waals surface area contributed by atoms with Crippen LogP contribution in [0.4, 0.5) is 5.69 Å². The van der Waals surface area contributed by atoms with Crippen LogP contribution < -0.4 is 4.90 Å². The zero-order valence-electron chi connectivity index (χ0n) is 25.7. The number of hydrogen-bond acceptors (Lipinski definition) is 2. The normalized spacial score (nSPS) is 15.2. The second-order valence-corrected chi connectivity index (χ2v) is 12.0. The third kappa shape index (κ3) is 15.2. The molecule has 2 rings (SSSR count). The summed E-state index contributed by atoms with van der Waals surface area (Å²) in [6.07, 6.45) is 39.2. The molecule has 1 unspecified atom stereocenters. The minimum atomic E-state index is 0.503. The van der Waals surface area contributed by atoms with Gasteiger partial charge in [-0.05, 0) is 31.4 Å². The second-order valence-electron chi connectivity index (χ2n) is 12.0. The summed E-state index contributed by atoms with van der Waals surface area (Å²) < 4.78 is 0. The molecular weight excluding hydrogens is 460 g/mol. The minimum Gasteiger partial charge on any atom is -0.356 e. The molecule has 0 saturated carbocycles. The van der Waals surface area contributed by atoms with Gasteiger partial charge in [-0.2, -0.15) is 0 Å². The largest absolute Gasteiger partial charge is 0.356 e. The zero-order valence-corrected chi connectivity index (χ0v) is 25.7. The molecule has 1 atom stereocenters. The van der Waals surface area contributed by atoms with Crippen LogP contribution in [-0.4, -0.2) is 17.6 Å². The van der Waals surface area contributed by atoms with E-state index in [1.165, 1.54) is 166 Å². The van der Waals surface area contributed by atoms with Crippen molar-refractivity contribution in [1.82, 2.24) is 4.90 Å². The quantitative estimate of drug-likeness (QED) is 0.111. The van der Waals surface area contributed by atoms with E-state index in [1.807, 2.05) is 0 Å². The first kappa shape index (κ1) is 32.8. The van der Waals surface area contributed by atoms with Gasteiger partial charge in [0.1, 0.15) is 6.17 Å². The predicted molar refractivity (Wildman–Crippen MR) is 171 cm³/mol. The average molecular weight is 525 g/mol. The summed E-state index contributed by atoms with van der Waals surface area (Å²) in [6.45, 7) is 5.82. The molecule has 1 aliphatic heterocycles. The molecule has 0 fully saturated rings. The summed E-state index contributed by atoms with van der Waals surface area (Å²) in [6, 6.07) is 11.0. The Hall–Kier alpha value is -1.44. The van der Waals surface area contributed by atoms with E-state index in [0.717, 1.165) is 0 Å². The van der Waals surface area contributed by atoms with E-state index >= 15 is 0 Å². The monoisotopic (exact) mass is 525 g/mol. The Morgan fingerprint density at radius 2 is 0.895 bits per heavy atom. The molecule has 0 N–H and O–H groups in total. The Kier molecular flexibility index (Phi) is 20.2. The van der Waals surface area contributed by atoms with Crippen LogP contribution in [0.5, 0.6) is 0 Å². The van der Waals surface area contributed by atoms with Crippen molar-refractivity contribution in [2.45, 2.75) is 174 Å². The van der Waals surface area contributed by atoms with Gasteiger partial charge in [-0.3, -0.25) is 0 Å². The first-order chi connectivity index (χ1) is 18.9. The van der Waals surface area contributed by atoms with Crippen LogP contribution in [0, 0.1) is 0 Å². The highest BCUT2D eigenvalue weighted by atomic mass is 15.4. The van der Waals surface area contributed by atoms with Crippen LogP contribution in [0.2, 0.25) is 0 Å². The summed E-state index contributed by atoms with van der Waals surface area (Å²) in [7, 11) is 0. The molecule has 38 heavy (non-hydrogen) atoms. The second kappa shape index (κ2) is 23.4. The standard InChI is InChI=1S/C36H64N2/c1-3-5-7-9-11-13-15-16-17-18-20-22-27-31-36-37(33-34-38(36)35-29-25-24-26-30-35)32-28-23-21-19-14-12-10-8-6-4-2/h24-26,29-30,33-34,36H,3-23,27-28,31-32H2,1-2H3. The molecule has 0 aliphatic carbocycles. The Labute approximate surface area is 238 Å². The maximum Gasteiger partial charge on any atom is 0.105 e. The topological polar surface area (TPSA) is 6.48 Å².